The van der Waals surface area contributed by atoms with Crippen LogP contribution < -0.4 is 15.5 Å². The molecule has 1 aromatic heterocycles. The lowest BCUT2D eigenvalue weighted by atomic mass is 9.82. The number of rotatable bonds is 8. The molecule has 1 aromatic carbocycles. The Labute approximate surface area is 185 Å². The van der Waals surface area contributed by atoms with Crippen LogP contribution in [0.4, 0.5) is 11.4 Å². The first kappa shape index (κ1) is 22.1. The number of aryl methyl sites for hydroxylation is 1. The van der Waals surface area contributed by atoms with Crippen molar-refractivity contribution in [2.45, 2.75) is 31.9 Å². The van der Waals surface area contributed by atoms with E-state index in [1.165, 1.54) is 0 Å². The van der Waals surface area contributed by atoms with Crippen molar-refractivity contribution in [2.24, 2.45) is 5.92 Å². The summed E-state index contributed by atoms with van der Waals surface area (Å²) in [4.78, 5) is 26.7. The number of hydrogen-bond donors (Lipinski definition) is 4. The molecule has 2 aliphatic rings. The molecule has 10 nitrogen and oxygen atoms in total. The van der Waals surface area contributed by atoms with Crippen molar-refractivity contribution in [3.8, 4) is 0 Å². The van der Waals surface area contributed by atoms with Crippen LogP contribution in [0.2, 0.25) is 0 Å². The molecule has 1 saturated heterocycles. The fraction of sp³-hybridized carbons (Fsp3) is 0.455. The first-order chi connectivity index (χ1) is 15.4. The largest absolute Gasteiger partial charge is 0.396 e. The summed E-state index contributed by atoms with van der Waals surface area (Å²) in [6.45, 7) is 3.92. The zero-order valence-electron chi connectivity index (χ0n) is 18.0. The number of aliphatic hydroxyl groups is 2. The number of fused-ring (bicyclic) bond motifs is 1. The molecule has 0 aliphatic carbocycles. The summed E-state index contributed by atoms with van der Waals surface area (Å²) < 4.78 is 1.70. The van der Waals surface area contributed by atoms with Gasteiger partial charge in [0.05, 0.1) is 12.2 Å². The Balaban J connectivity index is 1.47. The smallest absolute Gasteiger partial charge is 0.261 e. The van der Waals surface area contributed by atoms with Gasteiger partial charge in [0.15, 0.2) is 5.60 Å². The van der Waals surface area contributed by atoms with E-state index in [2.05, 4.69) is 20.9 Å². The third-order valence-electron chi connectivity index (χ3n) is 5.97. The number of amides is 2. The van der Waals surface area contributed by atoms with Crippen LogP contribution in [0.3, 0.4) is 0 Å². The number of aliphatic hydroxyl groups excluding tert-OH is 1. The topological polar surface area (TPSA) is 133 Å². The van der Waals surface area contributed by atoms with E-state index in [4.69, 9.17) is 5.11 Å². The summed E-state index contributed by atoms with van der Waals surface area (Å²) in [5, 5.41) is 34.2. The molecular formula is C22H28N6O4. The third kappa shape index (κ3) is 4.16. The second-order valence-electron chi connectivity index (χ2n) is 8.12. The number of aromatic nitrogens is 3. The highest BCUT2D eigenvalue weighted by molar-refractivity contribution is 6.06. The number of hydrogen-bond acceptors (Lipinski definition) is 7. The third-order valence-corrected chi connectivity index (χ3v) is 5.97. The molecule has 1 fully saturated rings. The molecule has 3 heterocycles. The number of allylic oxidation sites excluding steroid dienone is 1. The summed E-state index contributed by atoms with van der Waals surface area (Å²) in [6.07, 6.45) is 6.64. The van der Waals surface area contributed by atoms with Crippen LogP contribution in [0.25, 0.3) is 0 Å². The standard InChI is InChI=1S/C22H28N6O4/c1-15(4-2-3-9-27-14-16(7-11-29)25-26-27)22(32)18-12-17(5-6-19(18)24-21(22)31)28-10-8-23-13-20(28)30/h2,4-6,12,14-15,23,29,32H,3,7-11,13H2,1H3,(H,24,31)/b4-2+/t15-,22+/m1/s1. The Hall–Kier alpha value is -3.08. The molecule has 2 aliphatic heterocycles. The van der Waals surface area contributed by atoms with Gasteiger partial charge in [0, 0.05) is 61.7 Å². The highest BCUT2D eigenvalue weighted by Gasteiger charge is 2.48. The predicted octanol–water partition coefficient (Wildman–Crippen LogP) is 0.171. The van der Waals surface area contributed by atoms with Crippen LogP contribution in [-0.2, 0) is 28.2 Å². The summed E-state index contributed by atoms with van der Waals surface area (Å²) in [6, 6.07) is 5.26. The van der Waals surface area contributed by atoms with E-state index in [9.17, 15) is 14.7 Å². The highest BCUT2D eigenvalue weighted by Crippen LogP contribution is 2.43. The molecule has 0 unspecified atom stereocenters. The van der Waals surface area contributed by atoms with E-state index in [-0.39, 0.29) is 19.1 Å². The number of benzene rings is 1. The van der Waals surface area contributed by atoms with Gasteiger partial charge >= 0.3 is 0 Å². The molecule has 170 valence electrons. The Morgan fingerprint density at radius 1 is 1.34 bits per heavy atom. The molecule has 2 amide bonds. The van der Waals surface area contributed by atoms with Crippen LogP contribution >= 0.6 is 0 Å². The number of piperazine rings is 1. The average Bonchev–Trinajstić information content (AvgIpc) is 3.34. The van der Waals surface area contributed by atoms with E-state index in [1.54, 1.807) is 40.9 Å². The van der Waals surface area contributed by atoms with Gasteiger partial charge in [-0.1, -0.05) is 24.3 Å². The maximum atomic E-state index is 12.7. The zero-order valence-corrected chi connectivity index (χ0v) is 18.0. The van der Waals surface area contributed by atoms with Gasteiger partial charge in [-0.05, 0) is 24.6 Å². The Morgan fingerprint density at radius 3 is 2.97 bits per heavy atom. The number of nitrogens with zero attached hydrogens (tertiary/aromatic N) is 4. The van der Waals surface area contributed by atoms with Gasteiger partial charge < -0.3 is 25.7 Å². The van der Waals surface area contributed by atoms with E-state index < -0.39 is 17.4 Å². The molecule has 0 bridgehead atoms. The van der Waals surface area contributed by atoms with Gasteiger partial charge in [-0.2, -0.15) is 0 Å². The van der Waals surface area contributed by atoms with E-state index in [1.807, 2.05) is 12.2 Å². The molecule has 4 rings (SSSR count). The maximum Gasteiger partial charge on any atom is 0.261 e. The van der Waals surface area contributed by atoms with E-state index >= 15 is 0 Å². The Morgan fingerprint density at radius 2 is 2.19 bits per heavy atom. The lowest BCUT2D eigenvalue weighted by Gasteiger charge is -2.30. The molecular weight excluding hydrogens is 412 g/mol. The van der Waals surface area contributed by atoms with Gasteiger partial charge in [-0.15, -0.1) is 5.10 Å². The summed E-state index contributed by atoms with van der Waals surface area (Å²) >= 11 is 0. The van der Waals surface area contributed by atoms with E-state index in [0.717, 1.165) is 5.69 Å². The fourth-order valence-electron chi connectivity index (χ4n) is 4.12. The van der Waals surface area contributed by atoms with Crippen molar-refractivity contribution in [1.82, 2.24) is 20.3 Å². The molecule has 4 N–H and O–H groups in total. The van der Waals surface area contributed by atoms with Gasteiger partial charge in [0.1, 0.15) is 0 Å². The predicted molar refractivity (Wildman–Crippen MR) is 118 cm³/mol. The second kappa shape index (κ2) is 9.19. The maximum absolute atomic E-state index is 12.7. The normalized spacial score (nSPS) is 21.8. The molecule has 32 heavy (non-hydrogen) atoms. The summed E-state index contributed by atoms with van der Waals surface area (Å²) in [5.41, 5.74) is 0.723. The number of carbonyl (C=O) groups excluding carboxylic acids is 2. The van der Waals surface area contributed by atoms with Crippen molar-refractivity contribution in [2.75, 3.05) is 36.5 Å². The Kier molecular flexibility index (Phi) is 6.35. The van der Waals surface area contributed by atoms with Gasteiger partial charge in [0.2, 0.25) is 5.91 Å². The first-order valence-corrected chi connectivity index (χ1v) is 10.8. The lowest BCUT2D eigenvalue weighted by Crippen LogP contribution is -2.48. The minimum absolute atomic E-state index is 0.0305. The number of carbonyl (C=O) groups is 2. The molecule has 2 aromatic rings. The van der Waals surface area contributed by atoms with Crippen LogP contribution in [0.5, 0.6) is 0 Å². The van der Waals surface area contributed by atoms with E-state index in [0.29, 0.717) is 49.4 Å². The SMILES string of the molecule is C[C@H](/C=C/CCn1cc(CCO)nn1)[C@@]1(O)C(=O)Nc2ccc(N3CCNCC3=O)cc21. The molecule has 0 spiro atoms. The highest BCUT2D eigenvalue weighted by atomic mass is 16.3. The van der Waals surface area contributed by atoms with Gasteiger partial charge in [-0.25, -0.2) is 0 Å². The molecule has 0 saturated carbocycles. The molecule has 0 radical (unpaired) electrons. The van der Waals surface area contributed by atoms with Gasteiger partial charge in [-0.3, -0.25) is 14.3 Å². The lowest BCUT2D eigenvalue weighted by molar-refractivity contribution is -0.137. The van der Waals surface area contributed by atoms with Crippen LogP contribution in [0.1, 0.15) is 24.6 Å². The quantitative estimate of drug-likeness (QED) is 0.430. The second-order valence-corrected chi connectivity index (χ2v) is 8.12. The van der Waals surface area contributed by atoms with Gasteiger partial charge in [0.25, 0.3) is 5.91 Å². The molecule has 2 atom stereocenters. The van der Waals surface area contributed by atoms with Crippen LogP contribution in [0, 0.1) is 5.92 Å². The van der Waals surface area contributed by atoms with Crippen molar-refractivity contribution in [3.63, 3.8) is 0 Å². The number of anilines is 2. The fourth-order valence-corrected chi connectivity index (χ4v) is 4.12. The van der Waals surface area contributed by atoms with Crippen molar-refractivity contribution in [3.05, 3.63) is 47.8 Å². The minimum Gasteiger partial charge on any atom is -0.396 e. The summed E-state index contributed by atoms with van der Waals surface area (Å²) in [7, 11) is 0. The average molecular weight is 441 g/mol. The van der Waals surface area contributed by atoms with Crippen molar-refractivity contribution >= 4 is 23.2 Å². The Bertz CT molecular complexity index is 1040. The first-order valence-electron chi connectivity index (χ1n) is 10.8. The summed E-state index contributed by atoms with van der Waals surface area (Å²) in [5.74, 6) is -1.00. The van der Waals surface area contributed by atoms with Crippen molar-refractivity contribution in [1.29, 1.82) is 0 Å². The minimum atomic E-state index is -1.72. The zero-order chi connectivity index (χ0) is 22.7. The number of nitrogens with one attached hydrogen (secondary N) is 2. The van der Waals surface area contributed by atoms with Crippen molar-refractivity contribution < 1.29 is 19.8 Å². The molecule has 10 heteroatoms. The van der Waals surface area contributed by atoms with Crippen LogP contribution in [0.15, 0.2) is 36.5 Å². The van der Waals surface area contributed by atoms with Crippen LogP contribution in [-0.4, -0.2) is 63.3 Å². The monoisotopic (exact) mass is 440 g/mol.